The van der Waals surface area contributed by atoms with Crippen LogP contribution in [0.15, 0.2) is 17.0 Å². The number of nitrogens with two attached hydrogens (primary N) is 1. The van der Waals surface area contributed by atoms with Gasteiger partial charge in [-0.3, -0.25) is 14.7 Å². The van der Waals surface area contributed by atoms with Crippen LogP contribution in [0.1, 0.15) is 33.6 Å². The summed E-state index contributed by atoms with van der Waals surface area (Å²) in [6.45, 7) is 5.91. The molecule has 0 aromatic heterocycles. The van der Waals surface area contributed by atoms with Gasteiger partial charge in [0, 0.05) is 13.2 Å². The Morgan fingerprint density at radius 1 is 1.50 bits per heavy atom. The molecule has 1 amide bonds. The average Bonchev–Trinajstić information content (AvgIpc) is 2.83. The van der Waals surface area contributed by atoms with Gasteiger partial charge in [-0.25, -0.2) is 4.39 Å². The van der Waals surface area contributed by atoms with Gasteiger partial charge in [-0.05, 0) is 19.8 Å². The maximum absolute atomic E-state index is 13.3. The van der Waals surface area contributed by atoms with Crippen LogP contribution in [0.4, 0.5) is 4.39 Å². The summed E-state index contributed by atoms with van der Waals surface area (Å²) in [6, 6.07) is 0. The maximum atomic E-state index is 13.3. The molecule has 5 nitrogen and oxygen atoms in total. The predicted molar refractivity (Wildman–Crippen MR) is 69.6 cm³/mol. The molecule has 0 aliphatic carbocycles. The van der Waals surface area contributed by atoms with E-state index in [9.17, 15) is 9.18 Å². The van der Waals surface area contributed by atoms with Crippen molar-refractivity contribution in [3.63, 3.8) is 0 Å². The van der Waals surface area contributed by atoms with Crippen molar-refractivity contribution >= 4 is 12.2 Å². The van der Waals surface area contributed by atoms with E-state index in [-0.39, 0.29) is 11.9 Å². The highest BCUT2D eigenvalue weighted by Gasteiger charge is 2.26. The number of hydrogen-bond donors (Lipinski definition) is 1. The molecule has 0 bridgehead atoms. The molecule has 0 aromatic carbocycles. The van der Waals surface area contributed by atoms with Gasteiger partial charge in [0.15, 0.2) is 11.7 Å². The third-order valence-corrected chi connectivity index (χ3v) is 2.41. The number of halogens is 1. The first kappa shape index (κ1) is 16.6. The van der Waals surface area contributed by atoms with Crippen LogP contribution in [0.5, 0.6) is 0 Å². The van der Waals surface area contributed by atoms with Gasteiger partial charge in [-0.1, -0.05) is 13.8 Å². The van der Waals surface area contributed by atoms with E-state index < -0.39 is 12.1 Å². The molecule has 2 unspecified atom stereocenters. The van der Waals surface area contributed by atoms with Crippen LogP contribution < -0.4 is 5.73 Å². The molecule has 0 radical (unpaired) electrons. The number of carbonyl (C=O) groups excluding carboxylic acids is 1. The van der Waals surface area contributed by atoms with Gasteiger partial charge in [0.1, 0.15) is 6.23 Å². The fraction of sp³-hybridized carbons (Fsp3) is 0.667. The molecule has 1 heterocycles. The number of ether oxygens (including phenoxy) is 1. The normalized spacial score (nSPS) is 24.3. The molecule has 1 rings (SSSR count). The minimum Gasteiger partial charge on any atom is -0.382 e. The summed E-state index contributed by atoms with van der Waals surface area (Å²) in [5.41, 5.74) is 5.27. The van der Waals surface area contributed by atoms with Gasteiger partial charge in [0.25, 0.3) is 0 Å². The molecule has 6 heteroatoms. The fourth-order valence-corrected chi connectivity index (χ4v) is 1.49. The lowest BCUT2D eigenvalue weighted by Gasteiger charge is -2.20. The molecule has 1 saturated heterocycles. The highest BCUT2D eigenvalue weighted by atomic mass is 19.1. The summed E-state index contributed by atoms with van der Waals surface area (Å²) in [7, 11) is 1.38. The Labute approximate surface area is 107 Å². The molecule has 2 N–H and O–H groups in total. The minimum absolute atomic E-state index is 0.0844. The topological polar surface area (TPSA) is 67.9 Å². The first-order chi connectivity index (χ1) is 8.58. The van der Waals surface area contributed by atoms with Gasteiger partial charge < -0.3 is 10.5 Å². The first-order valence-electron chi connectivity index (χ1n) is 6.06. The molecular weight excluding hydrogens is 237 g/mol. The Kier molecular flexibility index (Phi) is 7.94. The lowest BCUT2D eigenvalue weighted by Crippen LogP contribution is -2.30. The van der Waals surface area contributed by atoms with Crippen LogP contribution in [-0.2, 0) is 9.53 Å². The van der Waals surface area contributed by atoms with E-state index in [2.05, 4.69) is 4.99 Å². The van der Waals surface area contributed by atoms with Crippen LogP contribution in [0, 0.1) is 0 Å². The number of rotatable bonds is 4. The van der Waals surface area contributed by atoms with Crippen molar-refractivity contribution in [3.05, 3.63) is 12.0 Å². The number of carbonyl (C=O) groups is 1. The first-order valence-corrected chi connectivity index (χ1v) is 6.06. The number of amidine groups is 1. The fourth-order valence-electron chi connectivity index (χ4n) is 1.49. The molecule has 104 valence electrons. The smallest absolute Gasteiger partial charge is 0.215 e. The highest BCUT2D eigenvalue weighted by molar-refractivity contribution is 5.94. The summed E-state index contributed by atoms with van der Waals surface area (Å²) in [4.78, 5) is 15.4. The van der Waals surface area contributed by atoms with Gasteiger partial charge >= 0.3 is 0 Å². The Morgan fingerprint density at radius 3 is 2.50 bits per heavy atom. The van der Waals surface area contributed by atoms with Crippen LogP contribution in [0.25, 0.3) is 0 Å². The van der Waals surface area contributed by atoms with Crippen LogP contribution in [0.2, 0.25) is 0 Å². The number of nitrogens with zero attached hydrogens (tertiary/aromatic N) is 2. The van der Waals surface area contributed by atoms with E-state index in [0.29, 0.717) is 12.8 Å². The molecule has 1 aliphatic rings. The van der Waals surface area contributed by atoms with Gasteiger partial charge in [-0.2, -0.15) is 0 Å². The predicted octanol–water partition coefficient (Wildman–Crippen LogP) is 1.79. The van der Waals surface area contributed by atoms with E-state index >= 15 is 0 Å². The van der Waals surface area contributed by atoms with E-state index in [0.717, 1.165) is 17.5 Å². The molecular formula is C12H22FN3O2. The van der Waals surface area contributed by atoms with Crippen molar-refractivity contribution in [1.29, 1.82) is 0 Å². The quantitative estimate of drug-likeness (QED) is 0.475. The van der Waals surface area contributed by atoms with Crippen molar-refractivity contribution in [2.24, 2.45) is 10.7 Å². The second-order valence-corrected chi connectivity index (χ2v) is 3.62. The molecule has 1 fully saturated rings. The average molecular weight is 259 g/mol. The lowest BCUT2D eigenvalue weighted by molar-refractivity contribution is -0.125. The molecule has 2 atom stereocenters. The third-order valence-electron chi connectivity index (χ3n) is 2.41. The number of hydrogen-bond acceptors (Lipinski definition) is 3. The molecule has 0 spiro atoms. The molecule has 0 saturated carbocycles. The van der Waals surface area contributed by atoms with Gasteiger partial charge in [0.05, 0.1) is 6.10 Å². The Morgan fingerprint density at radius 2 is 2.11 bits per heavy atom. The van der Waals surface area contributed by atoms with Crippen molar-refractivity contribution in [2.75, 3.05) is 7.05 Å². The summed E-state index contributed by atoms with van der Waals surface area (Å²) in [5.74, 6) is -0.976. The summed E-state index contributed by atoms with van der Waals surface area (Å²) >= 11 is 0. The molecule has 0 aromatic rings. The van der Waals surface area contributed by atoms with Crippen molar-refractivity contribution in [2.45, 2.75) is 45.9 Å². The SMILES string of the molecule is CC.CN=C(N)/C(F)=C\N(C=O)C1CCC(C)O1. The van der Waals surface area contributed by atoms with E-state index in [4.69, 9.17) is 10.5 Å². The summed E-state index contributed by atoms with van der Waals surface area (Å²) in [5, 5.41) is 0. The van der Waals surface area contributed by atoms with Crippen LogP contribution in [-0.4, -0.2) is 36.5 Å². The zero-order chi connectivity index (χ0) is 14.1. The summed E-state index contributed by atoms with van der Waals surface area (Å²) in [6.07, 6.45) is 2.74. The van der Waals surface area contributed by atoms with Gasteiger partial charge in [0.2, 0.25) is 6.41 Å². The third kappa shape index (κ3) is 4.83. The van der Waals surface area contributed by atoms with Crippen LogP contribution >= 0.6 is 0 Å². The monoisotopic (exact) mass is 259 g/mol. The van der Waals surface area contributed by atoms with Crippen LogP contribution in [0.3, 0.4) is 0 Å². The standard InChI is InChI=1S/C10H16FN3O2.C2H6/c1-7-3-4-9(16-7)14(6-15)5-8(11)10(12)13-2;1-2/h5-7,9H,3-4H2,1-2H3,(H2,12,13);1-2H3/b8-5+;. The highest BCUT2D eigenvalue weighted by Crippen LogP contribution is 2.22. The van der Waals surface area contributed by atoms with Crippen molar-refractivity contribution in [1.82, 2.24) is 4.90 Å². The molecule has 1 aliphatic heterocycles. The van der Waals surface area contributed by atoms with Crippen molar-refractivity contribution < 1.29 is 13.9 Å². The Bertz CT molecular complexity index is 318. The lowest BCUT2D eigenvalue weighted by atomic mass is 10.2. The van der Waals surface area contributed by atoms with E-state index in [1.54, 1.807) is 0 Å². The number of amides is 1. The number of aliphatic imine (C=N–C) groups is 1. The minimum atomic E-state index is -0.738. The zero-order valence-corrected chi connectivity index (χ0v) is 11.4. The maximum Gasteiger partial charge on any atom is 0.215 e. The van der Waals surface area contributed by atoms with E-state index in [1.165, 1.54) is 7.05 Å². The largest absolute Gasteiger partial charge is 0.382 e. The Balaban J connectivity index is 0.00000137. The Hall–Kier alpha value is -1.43. The zero-order valence-electron chi connectivity index (χ0n) is 11.4. The summed E-state index contributed by atoms with van der Waals surface area (Å²) < 4.78 is 18.8. The molecule has 18 heavy (non-hydrogen) atoms. The van der Waals surface area contributed by atoms with Gasteiger partial charge in [-0.15, -0.1) is 0 Å². The second-order valence-electron chi connectivity index (χ2n) is 3.62. The van der Waals surface area contributed by atoms with E-state index in [1.807, 2.05) is 20.8 Å². The second kappa shape index (κ2) is 8.63. The van der Waals surface area contributed by atoms with Crippen molar-refractivity contribution in [3.8, 4) is 0 Å².